The highest BCUT2D eigenvalue weighted by Gasteiger charge is 2.35. The Labute approximate surface area is 89.0 Å². The summed E-state index contributed by atoms with van der Waals surface area (Å²) in [4.78, 5) is 0. The fraction of sp³-hybridized carbons (Fsp3) is 0.636. The lowest BCUT2D eigenvalue weighted by molar-refractivity contribution is -0.0168. The maximum absolute atomic E-state index is 10.5. The molecular formula is C11H17NOS. The van der Waals surface area contributed by atoms with E-state index in [0.29, 0.717) is 0 Å². The topological polar surface area (TPSA) is 32.3 Å². The lowest BCUT2D eigenvalue weighted by atomic mass is 9.82. The van der Waals surface area contributed by atoms with Gasteiger partial charge in [-0.1, -0.05) is 0 Å². The summed E-state index contributed by atoms with van der Waals surface area (Å²) >= 11 is 1.70. The van der Waals surface area contributed by atoms with Crippen LogP contribution in [0.1, 0.15) is 25.3 Å². The van der Waals surface area contributed by atoms with Crippen LogP contribution in [0.2, 0.25) is 0 Å². The van der Waals surface area contributed by atoms with Crippen molar-refractivity contribution in [2.24, 2.45) is 0 Å². The Morgan fingerprint density at radius 2 is 2.57 bits per heavy atom. The Bertz CT molecular complexity index is 285. The van der Waals surface area contributed by atoms with E-state index in [1.165, 1.54) is 5.56 Å². The van der Waals surface area contributed by atoms with Crippen molar-refractivity contribution in [3.05, 3.63) is 22.4 Å². The number of aliphatic hydroxyl groups is 1. The second kappa shape index (κ2) is 4.01. The van der Waals surface area contributed by atoms with Crippen LogP contribution >= 0.6 is 11.3 Å². The highest BCUT2D eigenvalue weighted by molar-refractivity contribution is 7.07. The largest absolute Gasteiger partial charge is 0.388 e. The average molecular weight is 211 g/mol. The number of piperidine rings is 1. The maximum Gasteiger partial charge on any atom is 0.0838 e. The molecule has 1 aromatic heterocycles. The van der Waals surface area contributed by atoms with Gasteiger partial charge in [-0.3, -0.25) is 0 Å². The Balaban J connectivity index is 2.07. The third-order valence-corrected chi connectivity index (χ3v) is 3.87. The first-order chi connectivity index (χ1) is 6.71. The SMILES string of the molecule is CC1NCCCC1(O)Cc1ccsc1. The highest BCUT2D eigenvalue weighted by atomic mass is 32.1. The first-order valence-corrected chi connectivity index (χ1v) is 6.12. The van der Waals surface area contributed by atoms with Crippen LogP contribution in [0.25, 0.3) is 0 Å². The third kappa shape index (κ3) is 2.00. The molecule has 2 N–H and O–H groups in total. The molecule has 78 valence electrons. The number of hydrogen-bond donors (Lipinski definition) is 2. The molecule has 0 aromatic carbocycles. The number of nitrogens with one attached hydrogen (secondary N) is 1. The quantitative estimate of drug-likeness (QED) is 0.781. The molecule has 2 unspecified atom stereocenters. The molecule has 2 heterocycles. The van der Waals surface area contributed by atoms with Crippen LogP contribution in [-0.2, 0) is 6.42 Å². The molecule has 0 bridgehead atoms. The fourth-order valence-electron chi connectivity index (χ4n) is 2.11. The van der Waals surface area contributed by atoms with Crippen molar-refractivity contribution < 1.29 is 5.11 Å². The van der Waals surface area contributed by atoms with Crippen LogP contribution in [0, 0.1) is 0 Å². The van der Waals surface area contributed by atoms with Crippen molar-refractivity contribution in [1.82, 2.24) is 5.32 Å². The van der Waals surface area contributed by atoms with E-state index < -0.39 is 5.60 Å². The summed E-state index contributed by atoms with van der Waals surface area (Å²) < 4.78 is 0. The summed E-state index contributed by atoms with van der Waals surface area (Å²) in [6.45, 7) is 3.11. The minimum absolute atomic E-state index is 0.205. The third-order valence-electron chi connectivity index (χ3n) is 3.13. The molecule has 1 aliphatic heterocycles. The van der Waals surface area contributed by atoms with Crippen LogP contribution in [0.15, 0.2) is 16.8 Å². The van der Waals surface area contributed by atoms with Crippen LogP contribution in [0.3, 0.4) is 0 Å². The minimum atomic E-state index is -0.542. The van der Waals surface area contributed by atoms with E-state index in [4.69, 9.17) is 0 Å². The van der Waals surface area contributed by atoms with E-state index >= 15 is 0 Å². The van der Waals surface area contributed by atoms with E-state index in [1.807, 2.05) is 0 Å². The summed E-state index contributed by atoms with van der Waals surface area (Å²) in [7, 11) is 0. The second-order valence-corrected chi connectivity index (χ2v) is 4.97. The first kappa shape index (κ1) is 10.1. The van der Waals surface area contributed by atoms with Gasteiger partial charge in [0, 0.05) is 12.5 Å². The van der Waals surface area contributed by atoms with E-state index in [1.54, 1.807) is 11.3 Å². The fourth-order valence-corrected chi connectivity index (χ4v) is 2.78. The standard InChI is InChI=1S/C11H17NOS/c1-9-11(13,4-2-5-12-9)7-10-3-6-14-8-10/h3,6,8-9,12-13H,2,4-5,7H2,1H3. The van der Waals surface area contributed by atoms with E-state index in [9.17, 15) is 5.11 Å². The van der Waals surface area contributed by atoms with Gasteiger partial charge < -0.3 is 10.4 Å². The lowest BCUT2D eigenvalue weighted by Gasteiger charge is -2.38. The molecule has 0 amide bonds. The minimum Gasteiger partial charge on any atom is -0.388 e. The molecule has 1 saturated heterocycles. The molecule has 2 nitrogen and oxygen atoms in total. The van der Waals surface area contributed by atoms with Crippen molar-refractivity contribution in [2.45, 2.75) is 37.8 Å². The van der Waals surface area contributed by atoms with E-state index in [2.05, 4.69) is 29.1 Å². The van der Waals surface area contributed by atoms with Crippen molar-refractivity contribution in [2.75, 3.05) is 6.54 Å². The van der Waals surface area contributed by atoms with Crippen molar-refractivity contribution in [3.63, 3.8) is 0 Å². The molecule has 1 fully saturated rings. The number of rotatable bonds is 2. The molecule has 0 spiro atoms. The van der Waals surface area contributed by atoms with Gasteiger partial charge in [0.25, 0.3) is 0 Å². The summed E-state index contributed by atoms with van der Waals surface area (Å²) in [5, 5.41) is 18.0. The highest BCUT2D eigenvalue weighted by Crippen LogP contribution is 2.26. The van der Waals surface area contributed by atoms with Gasteiger partial charge in [0.1, 0.15) is 0 Å². The summed E-state index contributed by atoms with van der Waals surface area (Å²) in [5.41, 5.74) is 0.715. The van der Waals surface area contributed by atoms with Gasteiger partial charge in [0.15, 0.2) is 0 Å². The predicted octanol–water partition coefficient (Wildman–Crippen LogP) is 1.79. The number of thiophene rings is 1. The summed E-state index contributed by atoms with van der Waals surface area (Å²) in [6.07, 6.45) is 2.77. The molecule has 1 aromatic rings. The molecule has 2 rings (SSSR count). The molecule has 2 atom stereocenters. The molecule has 14 heavy (non-hydrogen) atoms. The Morgan fingerprint density at radius 3 is 3.21 bits per heavy atom. The normalized spacial score (nSPS) is 33.1. The zero-order valence-electron chi connectivity index (χ0n) is 8.49. The molecule has 0 aliphatic carbocycles. The van der Waals surface area contributed by atoms with Gasteiger partial charge >= 0.3 is 0 Å². The monoisotopic (exact) mass is 211 g/mol. The Hall–Kier alpha value is -0.380. The van der Waals surface area contributed by atoms with Gasteiger partial charge in [0.05, 0.1) is 5.60 Å². The lowest BCUT2D eigenvalue weighted by Crippen LogP contribution is -2.54. The van der Waals surface area contributed by atoms with Crippen molar-refractivity contribution in [1.29, 1.82) is 0 Å². The van der Waals surface area contributed by atoms with Crippen LogP contribution in [0.4, 0.5) is 0 Å². The van der Waals surface area contributed by atoms with Gasteiger partial charge in [-0.15, -0.1) is 0 Å². The number of hydrogen-bond acceptors (Lipinski definition) is 3. The molecule has 0 saturated carbocycles. The predicted molar refractivity (Wildman–Crippen MR) is 59.7 cm³/mol. The van der Waals surface area contributed by atoms with Crippen LogP contribution < -0.4 is 5.32 Å². The van der Waals surface area contributed by atoms with Gasteiger partial charge in [0.2, 0.25) is 0 Å². The zero-order chi connectivity index (χ0) is 10.0. The Morgan fingerprint density at radius 1 is 1.71 bits per heavy atom. The van der Waals surface area contributed by atoms with Crippen LogP contribution in [0.5, 0.6) is 0 Å². The Kier molecular flexibility index (Phi) is 2.91. The van der Waals surface area contributed by atoms with Crippen LogP contribution in [-0.4, -0.2) is 23.3 Å². The van der Waals surface area contributed by atoms with Gasteiger partial charge in [-0.2, -0.15) is 11.3 Å². The summed E-state index contributed by atoms with van der Waals surface area (Å²) in [5.74, 6) is 0. The molecular weight excluding hydrogens is 194 g/mol. The van der Waals surface area contributed by atoms with Gasteiger partial charge in [-0.05, 0) is 48.7 Å². The van der Waals surface area contributed by atoms with Crippen molar-refractivity contribution >= 4 is 11.3 Å². The summed E-state index contributed by atoms with van der Waals surface area (Å²) in [6, 6.07) is 2.31. The second-order valence-electron chi connectivity index (χ2n) is 4.19. The smallest absolute Gasteiger partial charge is 0.0838 e. The molecule has 3 heteroatoms. The van der Waals surface area contributed by atoms with Crippen molar-refractivity contribution in [3.8, 4) is 0 Å². The maximum atomic E-state index is 10.5. The molecule has 1 aliphatic rings. The average Bonchev–Trinajstić information content (AvgIpc) is 2.63. The first-order valence-electron chi connectivity index (χ1n) is 5.17. The van der Waals surface area contributed by atoms with E-state index in [0.717, 1.165) is 25.8 Å². The van der Waals surface area contributed by atoms with E-state index in [-0.39, 0.29) is 6.04 Å². The van der Waals surface area contributed by atoms with Gasteiger partial charge in [-0.25, -0.2) is 0 Å². The molecule has 0 radical (unpaired) electrons. The zero-order valence-corrected chi connectivity index (χ0v) is 9.31.